The molecule has 1 aliphatic rings. The average molecular weight is 405 g/mol. The summed E-state index contributed by atoms with van der Waals surface area (Å²) in [6, 6.07) is 13.1. The van der Waals surface area contributed by atoms with Crippen molar-refractivity contribution in [2.45, 2.75) is 0 Å². The van der Waals surface area contributed by atoms with Crippen molar-refractivity contribution in [3.05, 3.63) is 62.9 Å². The molecule has 8 nitrogen and oxygen atoms in total. The Morgan fingerprint density at radius 3 is 2.93 bits per heavy atom. The summed E-state index contributed by atoms with van der Waals surface area (Å²) in [4.78, 5) is 18.1. The lowest BCUT2D eigenvalue weighted by Gasteiger charge is -2.10. The Kier molecular flexibility index (Phi) is 4.28. The lowest BCUT2D eigenvalue weighted by atomic mass is 10.2. The van der Waals surface area contributed by atoms with Crippen LogP contribution in [0.1, 0.15) is 5.56 Å². The predicted molar refractivity (Wildman–Crippen MR) is 111 cm³/mol. The number of methoxy groups -OCH3 is 1. The number of para-hydroxylation sites is 2. The van der Waals surface area contributed by atoms with Gasteiger partial charge in [0, 0.05) is 0 Å². The zero-order valence-corrected chi connectivity index (χ0v) is 16.2. The second kappa shape index (κ2) is 7.10. The van der Waals surface area contributed by atoms with Crippen molar-refractivity contribution in [1.82, 2.24) is 9.38 Å². The molecule has 0 saturated carbocycles. The number of benzene rings is 2. The van der Waals surface area contributed by atoms with Crippen LogP contribution in [0.15, 0.2) is 62.7 Å². The molecule has 144 valence electrons. The zero-order valence-electron chi connectivity index (χ0n) is 15.4. The molecule has 29 heavy (non-hydrogen) atoms. The summed E-state index contributed by atoms with van der Waals surface area (Å²) in [5.74, 6) is 1.17. The molecule has 1 aliphatic heterocycles. The third-order valence-corrected chi connectivity index (χ3v) is 5.50. The van der Waals surface area contributed by atoms with Crippen LogP contribution in [-0.2, 0) is 0 Å². The minimum atomic E-state index is -0.0789. The Hall–Kier alpha value is -3.59. The average Bonchev–Trinajstić information content (AvgIpc) is 3.45. The Balaban J connectivity index is 1.50. The minimum Gasteiger partial charge on any atom is -0.493 e. The van der Waals surface area contributed by atoms with Crippen LogP contribution >= 0.6 is 11.3 Å². The lowest BCUT2D eigenvalue weighted by Crippen LogP contribution is -2.22. The van der Waals surface area contributed by atoms with E-state index in [0.717, 1.165) is 22.3 Å². The molecule has 0 aliphatic carbocycles. The molecule has 0 unspecified atom stereocenters. The highest BCUT2D eigenvalue weighted by Crippen LogP contribution is 2.28. The van der Waals surface area contributed by atoms with Crippen LogP contribution in [0.5, 0.6) is 11.5 Å². The van der Waals surface area contributed by atoms with Crippen molar-refractivity contribution in [2.24, 2.45) is 15.4 Å². The number of aromatic nitrogens is 2. The minimum absolute atomic E-state index is 0.0789. The number of thiazole rings is 1. The second-order valence-corrected chi connectivity index (χ2v) is 7.40. The topological polar surface area (TPSA) is 89.9 Å². The van der Waals surface area contributed by atoms with Crippen molar-refractivity contribution in [3.8, 4) is 11.5 Å². The van der Waals surface area contributed by atoms with Gasteiger partial charge in [-0.2, -0.15) is 5.11 Å². The molecular weight excluding hydrogens is 390 g/mol. The number of rotatable bonds is 5. The highest BCUT2D eigenvalue weighted by molar-refractivity contribution is 7.15. The third-order valence-electron chi connectivity index (χ3n) is 4.53. The van der Waals surface area contributed by atoms with E-state index in [0.29, 0.717) is 34.1 Å². The molecule has 3 heterocycles. The quantitative estimate of drug-likeness (QED) is 0.511. The van der Waals surface area contributed by atoms with Crippen molar-refractivity contribution in [3.63, 3.8) is 0 Å². The first-order valence-electron chi connectivity index (χ1n) is 8.88. The maximum Gasteiger partial charge on any atom is 0.274 e. The normalized spacial score (nSPS) is 14.1. The molecule has 0 radical (unpaired) electrons. The smallest absolute Gasteiger partial charge is 0.274 e. The van der Waals surface area contributed by atoms with Crippen molar-refractivity contribution < 1.29 is 9.47 Å². The van der Waals surface area contributed by atoms with Crippen molar-refractivity contribution in [2.75, 3.05) is 20.3 Å². The van der Waals surface area contributed by atoms with E-state index in [9.17, 15) is 4.79 Å². The summed E-state index contributed by atoms with van der Waals surface area (Å²) in [7, 11) is 1.58. The van der Waals surface area contributed by atoms with E-state index in [-0.39, 0.29) is 5.56 Å². The molecular formula is C20H15N5O3S. The monoisotopic (exact) mass is 405 g/mol. The SMILES string of the molecule is COc1cc(/C=c2/sc3nc4ccccc4n3c2=O)ccc1OCC1=NN=NC1. The molecule has 5 rings (SSSR count). The van der Waals surface area contributed by atoms with Crippen LogP contribution in [0.4, 0.5) is 0 Å². The van der Waals surface area contributed by atoms with Crippen molar-refractivity contribution >= 4 is 39.1 Å². The van der Waals surface area contributed by atoms with Crippen LogP contribution in [0, 0.1) is 0 Å². The summed E-state index contributed by atoms with van der Waals surface area (Å²) in [6.07, 6.45) is 1.83. The Bertz CT molecular complexity index is 1400. The van der Waals surface area contributed by atoms with E-state index in [1.54, 1.807) is 11.5 Å². The van der Waals surface area contributed by atoms with E-state index < -0.39 is 0 Å². The van der Waals surface area contributed by atoms with E-state index >= 15 is 0 Å². The van der Waals surface area contributed by atoms with Gasteiger partial charge < -0.3 is 9.47 Å². The number of imidazole rings is 1. The molecule has 0 fully saturated rings. The van der Waals surface area contributed by atoms with Crippen LogP contribution in [0.25, 0.3) is 22.1 Å². The van der Waals surface area contributed by atoms with Gasteiger partial charge in [0.05, 0.1) is 22.7 Å². The van der Waals surface area contributed by atoms with E-state index in [1.165, 1.54) is 11.3 Å². The molecule has 0 bridgehead atoms. The van der Waals surface area contributed by atoms with Gasteiger partial charge in [0.25, 0.3) is 5.56 Å². The van der Waals surface area contributed by atoms with E-state index in [2.05, 4.69) is 20.4 Å². The maximum absolute atomic E-state index is 12.9. The number of hydrogen-bond donors (Lipinski definition) is 0. The molecule has 9 heteroatoms. The van der Waals surface area contributed by atoms with E-state index in [4.69, 9.17) is 9.47 Å². The van der Waals surface area contributed by atoms with Gasteiger partial charge in [-0.15, -0.1) is 5.10 Å². The molecule has 2 aromatic carbocycles. The molecule has 0 N–H and O–H groups in total. The Morgan fingerprint density at radius 2 is 2.10 bits per heavy atom. The molecule has 2 aromatic heterocycles. The third kappa shape index (κ3) is 3.15. The standard InChI is InChI=1S/C20H15N5O3S/c1-27-17-8-12(6-7-16(17)28-11-13-10-21-24-23-13)9-18-19(26)25-15-5-3-2-4-14(15)22-20(25)29-18/h2-9H,10-11H2,1H3/b18-9+. The van der Waals surface area contributed by atoms with Crippen LogP contribution < -0.4 is 19.6 Å². The number of nitrogens with zero attached hydrogens (tertiary/aromatic N) is 5. The Morgan fingerprint density at radius 1 is 1.21 bits per heavy atom. The van der Waals surface area contributed by atoms with Gasteiger partial charge in [0.1, 0.15) is 18.9 Å². The molecule has 0 spiro atoms. The summed E-state index contributed by atoms with van der Waals surface area (Å²) in [6.45, 7) is 0.752. The number of ether oxygens (including phenoxy) is 2. The first-order chi connectivity index (χ1) is 14.2. The highest BCUT2D eigenvalue weighted by atomic mass is 32.1. The van der Waals surface area contributed by atoms with Crippen molar-refractivity contribution in [1.29, 1.82) is 0 Å². The van der Waals surface area contributed by atoms with Gasteiger partial charge in [0.15, 0.2) is 16.5 Å². The summed E-state index contributed by atoms with van der Waals surface area (Å²) < 4.78 is 13.5. The summed E-state index contributed by atoms with van der Waals surface area (Å²) in [5.41, 5.74) is 3.15. The molecule has 0 saturated heterocycles. The molecule has 0 atom stereocenters. The van der Waals surface area contributed by atoms with Crippen LogP contribution in [0.3, 0.4) is 0 Å². The van der Waals surface area contributed by atoms with Crippen LogP contribution in [-0.4, -0.2) is 35.4 Å². The predicted octanol–water partition coefficient (Wildman–Crippen LogP) is 2.67. The second-order valence-electron chi connectivity index (χ2n) is 6.39. The fourth-order valence-electron chi connectivity index (χ4n) is 3.13. The van der Waals surface area contributed by atoms with Gasteiger partial charge in [0.2, 0.25) is 0 Å². The van der Waals surface area contributed by atoms with Gasteiger partial charge in [-0.05, 0) is 41.1 Å². The fourth-order valence-corrected chi connectivity index (χ4v) is 4.12. The summed E-state index contributed by atoms with van der Waals surface area (Å²) in [5, 5.41) is 11.3. The highest BCUT2D eigenvalue weighted by Gasteiger charge is 2.12. The lowest BCUT2D eigenvalue weighted by molar-refractivity contribution is 0.334. The van der Waals surface area contributed by atoms with Gasteiger partial charge in [-0.3, -0.25) is 4.79 Å². The number of hydrogen-bond acceptors (Lipinski definition) is 8. The maximum atomic E-state index is 12.9. The Labute approximate surface area is 168 Å². The fraction of sp³-hybridized carbons (Fsp3) is 0.150. The largest absolute Gasteiger partial charge is 0.493 e. The molecule has 4 aromatic rings. The zero-order chi connectivity index (χ0) is 19.8. The van der Waals surface area contributed by atoms with Gasteiger partial charge in [-0.1, -0.05) is 29.5 Å². The summed E-state index contributed by atoms with van der Waals surface area (Å²) >= 11 is 1.36. The van der Waals surface area contributed by atoms with Crippen LogP contribution in [0.2, 0.25) is 0 Å². The van der Waals surface area contributed by atoms with E-state index in [1.807, 2.05) is 48.5 Å². The molecule has 0 amide bonds. The van der Waals surface area contributed by atoms with Gasteiger partial charge >= 0.3 is 0 Å². The number of fused-ring (bicyclic) bond motifs is 3. The first kappa shape index (κ1) is 17.5. The van der Waals surface area contributed by atoms with Gasteiger partial charge in [-0.25, -0.2) is 9.38 Å². The first-order valence-corrected chi connectivity index (χ1v) is 9.69.